The molecule has 94 valence electrons. The molecule has 0 radical (unpaired) electrons. The molecule has 0 saturated heterocycles. The largest absolute Gasteiger partial charge is 0.494 e. The minimum atomic E-state index is -0.739. The van der Waals surface area contributed by atoms with Crippen LogP contribution >= 0.6 is 0 Å². The van der Waals surface area contributed by atoms with Crippen LogP contribution in [0.1, 0.15) is 31.4 Å². The van der Waals surface area contributed by atoms with Crippen molar-refractivity contribution in [3.8, 4) is 5.75 Å². The van der Waals surface area contributed by atoms with Crippen LogP contribution in [0.15, 0.2) is 18.2 Å². The second kappa shape index (κ2) is 6.28. The third-order valence-electron chi connectivity index (χ3n) is 2.82. The van der Waals surface area contributed by atoms with E-state index in [0.29, 0.717) is 19.4 Å². The monoisotopic (exact) mass is 236 g/mol. The highest BCUT2D eigenvalue weighted by atomic mass is 16.5. The first-order valence-corrected chi connectivity index (χ1v) is 6.03. The maximum absolute atomic E-state index is 11.0. The quantitative estimate of drug-likeness (QED) is 0.825. The van der Waals surface area contributed by atoms with Gasteiger partial charge in [-0.25, -0.2) is 0 Å². The molecule has 17 heavy (non-hydrogen) atoms. The van der Waals surface area contributed by atoms with Crippen molar-refractivity contribution in [1.82, 2.24) is 0 Å². The molecule has 0 aromatic heterocycles. The summed E-state index contributed by atoms with van der Waals surface area (Å²) in [5.74, 6) is -0.273. The molecule has 0 fully saturated rings. The van der Waals surface area contributed by atoms with Crippen molar-refractivity contribution < 1.29 is 14.6 Å². The van der Waals surface area contributed by atoms with E-state index >= 15 is 0 Å². The van der Waals surface area contributed by atoms with Gasteiger partial charge in [-0.05, 0) is 38.3 Å². The van der Waals surface area contributed by atoms with E-state index in [0.717, 1.165) is 16.9 Å². The summed E-state index contributed by atoms with van der Waals surface area (Å²) in [4.78, 5) is 11.0. The van der Waals surface area contributed by atoms with Crippen molar-refractivity contribution >= 4 is 5.97 Å². The Kier molecular flexibility index (Phi) is 5.01. The van der Waals surface area contributed by atoms with Crippen molar-refractivity contribution in [2.75, 3.05) is 6.61 Å². The molecule has 0 aliphatic rings. The molecule has 0 bridgehead atoms. The van der Waals surface area contributed by atoms with Crippen molar-refractivity contribution in [2.45, 2.75) is 33.6 Å². The Balaban J connectivity index is 2.94. The molecule has 1 atom stereocenters. The Bertz CT molecular complexity index is 385. The fourth-order valence-corrected chi connectivity index (χ4v) is 1.84. The van der Waals surface area contributed by atoms with Crippen LogP contribution in [-0.4, -0.2) is 17.7 Å². The summed E-state index contributed by atoms with van der Waals surface area (Å²) in [5.41, 5.74) is 2.12. The van der Waals surface area contributed by atoms with Gasteiger partial charge in [0.1, 0.15) is 5.75 Å². The van der Waals surface area contributed by atoms with Gasteiger partial charge in [-0.2, -0.15) is 0 Å². The Labute approximate surface area is 102 Å². The standard InChI is InChI=1S/C14H20O3/c1-4-11(14(15)16)9-12-8-10(3)6-7-13(12)17-5-2/h6-8,11H,4-5,9H2,1-3H3,(H,15,16). The van der Waals surface area contributed by atoms with Gasteiger partial charge in [0.25, 0.3) is 0 Å². The summed E-state index contributed by atoms with van der Waals surface area (Å²) in [6, 6.07) is 5.91. The molecule has 0 heterocycles. The lowest BCUT2D eigenvalue weighted by molar-refractivity contribution is -0.141. The number of aryl methyl sites for hydroxylation is 1. The number of aliphatic carboxylic acids is 1. The maximum Gasteiger partial charge on any atom is 0.306 e. The van der Waals surface area contributed by atoms with Gasteiger partial charge in [-0.1, -0.05) is 24.6 Å². The van der Waals surface area contributed by atoms with Crippen LogP contribution in [0.5, 0.6) is 5.75 Å². The van der Waals surface area contributed by atoms with Crippen molar-refractivity contribution in [2.24, 2.45) is 5.92 Å². The first-order valence-electron chi connectivity index (χ1n) is 6.03. The predicted molar refractivity (Wildman–Crippen MR) is 67.5 cm³/mol. The van der Waals surface area contributed by atoms with Crippen LogP contribution in [0.4, 0.5) is 0 Å². The van der Waals surface area contributed by atoms with E-state index in [2.05, 4.69) is 0 Å². The van der Waals surface area contributed by atoms with E-state index < -0.39 is 5.97 Å². The number of carboxylic acids is 1. The zero-order valence-corrected chi connectivity index (χ0v) is 10.7. The van der Waals surface area contributed by atoms with E-state index in [-0.39, 0.29) is 5.92 Å². The van der Waals surface area contributed by atoms with Gasteiger partial charge in [-0.3, -0.25) is 4.79 Å². The van der Waals surface area contributed by atoms with Crippen LogP contribution in [0, 0.1) is 12.8 Å². The molecule has 1 rings (SSSR count). The summed E-state index contributed by atoms with van der Waals surface area (Å²) in [6.07, 6.45) is 1.16. The van der Waals surface area contributed by atoms with Crippen LogP contribution in [0.3, 0.4) is 0 Å². The van der Waals surface area contributed by atoms with Gasteiger partial charge < -0.3 is 9.84 Å². The summed E-state index contributed by atoms with van der Waals surface area (Å²) < 4.78 is 5.52. The second-order valence-electron chi connectivity index (χ2n) is 4.19. The molecule has 3 nitrogen and oxygen atoms in total. The average Bonchev–Trinajstić information content (AvgIpc) is 2.29. The maximum atomic E-state index is 11.0. The highest BCUT2D eigenvalue weighted by Gasteiger charge is 2.17. The highest BCUT2D eigenvalue weighted by molar-refractivity contribution is 5.70. The molecule has 0 amide bonds. The third-order valence-corrected chi connectivity index (χ3v) is 2.82. The second-order valence-corrected chi connectivity index (χ2v) is 4.19. The normalized spacial score (nSPS) is 12.2. The van der Waals surface area contributed by atoms with Crippen molar-refractivity contribution in [3.05, 3.63) is 29.3 Å². The molecule has 1 unspecified atom stereocenters. The van der Waals surface area contributed by atoms with Crippen LogP contribution in [0.2, 0.25) is 0 Å². The SMILES string of the molecule is CCOc1ccc(C)cc1CC(CC)C(=O)O. The van der Waals surface area contributed by atoms with E-state index in [9.17, 15) is 4.79 Å². The molecule has 0 spiro atoms. The fourth-order valence-electron chi connectivity index (χ4n) is 1.84. The number of benzene rings is 1. The van der Waals surface area contributed by atoms with Gasteiger partial charge in [0.15, 0.2) is 0 Å². The van der Waals surface area contributed by atoms with Crippen molar-refractivity contribution in [1.29, 1.82) is 0 Å². The molecule has 0 aliphatic heterocycles. The molecular weight excluding hydrogens is 216 g/mol. The summed E-state index contributed by atoms with van der Waals surface area (Å²) in [6.45, 7) is 6.42. The molecular formula is C14H20O3. The first kappa shape index (κ1) is 13.6. The van der Waals surface area contributed by atoms with Gasteiger partial charge in [0, 0.05) is 0 Å². The lowest BCUT2D eigenvalue weighted by Crippen LogP contribution is -2.16. The Morgan fingerprint density at radius 2 is 2.12 bits per heavy atom. The molecule has 1 N–H and O–H groups in total. The van der Waals surface area contributed by atoms with Gasteiger partial charge in [0.05, 0.1) is 12.5 Å². The number of hydrogen-bond donors (Lipinski definition) is 1. The molecule has 3 heteroatoms. The Morgan fingerprint density at radius 3 is 2.65 bits per heavy atom. The van der Waals surface area contributed by atoms with Crippen LogP contribution in [-0.2, 0) is 11.2 Å². The smallest absolute Gasteiger partial charge is 0.306 e. The number of ether oxygens (including phenoxy) is 1. The van der Waals surface area contributed by atoms with Crippen molar-refractivity contribution in [3.63, 3.8) is 0 Å². The van der Waals surface area contributed by atoms with Gasteiger partial charge >= 0.3 is 5.97 Å². The zero-order chi connectivity index (χ0) is 12.8. The van der Waals surface area contributed by atoms with Crippen LogP contribution in [0.25, 0.3) is 0 Å². The van der Waals surface area contributed by atoms with Gasteiger partial charge in [-0.15, -0.1) is 0 Å². The molecule has 1 aromatic rings. The first-order chi connectivity index (χ1) is 8.08. The van der Waals surface area contributed by atoms with Gasteiger partial charge in [0.2, 0.25) is 0 Å². The lowest BCUT2D eigenvalue weighted by atomic mass is 9.95. The zero-order valence-electron chi connectivity index (χ0n) is 10.7. The predicted octanol–water partition coefficient (Wildman–Crippen LogP) is 3.05. The topological polar surface area (TPSA) is 46.5 Å². The highest BCUT2D eigenvalue weighted by Crippen LogP contribution is 2.24. The third kappa shape index (κ3) is 3.77. The summed E-state index contributed by atoms with van der Waals surface area (Å²) in [5, 5.41) is 9.08. The lowest BCUT2D eigenvalue weighted by Gasteiger charge is -2.14. The molecule has 0 aliphatic carbocycles. The van der Waals surface area contributed by atoms with E-state index in [1.165, 1.54) is 0 Å². The number of hydrogen-bond acceptors (Lipinski definition) is 2. The fraction of sp³-hybridized carbons (Fsp3) is 0.500. The number of rotatable bonds is 6. The number of carbonyl (C=O) groups is 1. The van der Waals surface area contributed by atoms with E-state index in [1.807, 2.05) is 39.0 Å². The molecule has 1 aromatic carbocycles. The summed E-state index contributed by atoms with van der Waals surface area (Å²) >= 11 is 0. The van der Waals surface area contributed by atoms with E-state index in [1.54, 1.807) is 0 Å². The summed E-state index contributed by atoms with van der Waals surface area (Å²) in [7, 11) is 0. The Morgan fingerprint density at radius 1 is 1.41 bits per heavy atom. The Hall–Kier alpha value is -1.51. The minimum Gasteiger partial charge on any atom is -0.494 e. The molecule has 0 saturated carbocycles. The minimum absolute atomic E-state index is 0.337. The van der Waals surface area contributed by atoms with E-state index in [4.69, 9.17) is 9.84 Å². The number of carboxylic acid groups (broad SMARTS) is 1. The average molecular weight is 236 g/mol. The van der Waals surface area contributed by atoms with Crippen LogP contribution < -0.4 is 4.74 Å².